The summed E-state index contributed by atoms with van der Waals surface area (Å²) in [6.45, 7) is 0. The van der Waals surface area contributed by atoms with Crippen LogP contribution in [0.5, 0.6) is 0 Å². The smallest absolute Gasteiger partial charge is 0.258 e. The summed E-state index contributed by atoms with van der Waals surface area (Å²) in [5.74, 6) is -1.84. The summed E-state index contributed by atoms with van der Waals surface area (Å²) < 4.78 is 27.2. The van der Waals surface area contributed by atoms with Gasteiger partial charge in [-0.05, 0) is 48.5 Å². The molecule has 0 spiro atoms. The number of rotatable bonds is 6. The van der Waals surface area contributed by atoms with Crippen molar-refractivity contribution in [2.75, 3.05) is 16.4 Å². The van der Waals surface area contributed by atoms with Gasteiger partial charge in [0, 0.05) is 10.6 Å². The lowest BCUT2D eigenvalue weighted by molar-refractivity contribution is -0.113. The number of carbonyl (C=O) groups excluding carboxylic acids is 2. The number of thioether (sulfide) groups is 1. The van der Waals surface area contributed by atoms with Gasteiger partial charge in [0.05, 0.1) is 17.0 Å². The number of carbonyl (C=O) groups is 2. The van der Waals surface area contributed by atoms with E-state index >= 15 is 0 Å². The molecule has 2 amide bonds. The molecule has 0 aliphatic carbocycles. The predicted octanol–water partition coefficient (Wildman–Crippen LogP) is 4.95. The first-order valence-corrected chi connectivity index (χ1v) is 9.34. The molecule has 0 fully saturated rings. The van der Waals surface area contributed by atoms with E-state index in [1.807, 2.05) is 0 Å². The van der Waals surface area contributed by atoms with Crippen LogP contribution in [0.25, 0.3) is 0 Å². The molecule has 0 saturated heterocycles. The molecule has 0 radical (unpaired) electrons. The second kappa shape index (κ2) is 9.14. The van der Waals surface area contributed by atoms with Gasteiger partial charge in [-0.1, -0.05) is 24.3 Å². The van der Waals surface area contributed by atoms with Gasteiger partial charge in [-0.25, -0.2) is 8.78 Å². The molecule has 0 aliphatic heterocycles. The van der Waals surface area contributed by atoms with Gasteiger partial charge in [-0.15, -0.1) is 11.8 Å². The highest BCUT2D eigenvalue weighted by Gasteiger charge is 2.11. The summed E-state index contributed by atoms with van der Waals surface area (Å²) in [5, 5.41) is 5.13. The Balaban J connectivity index is 1.53. The van der Waals surface area contributed by atoms with Gasteiger partial charge in [-0.2, -0.15) is 0 Å². The highest BCUT2D eigenvalue weighted by Crippen LogP contribution is 2.22. The quantitative estimate of drug-likeness (QED) is 0.578. The van der Waals surface area contributed by atoms with Crippen LogP contribution in [0.15, 0.2) is 77.7 Å². The van der Waals surface area contributed by atoms with Crippen LogP contribution in [0.2, 0.25) is 0 Å². The van der Waals surface area contributed by atoms with E-state index in [4.69, 9.17) is 0 Å². The van der Waals surface area contributed by atoms with Crippen molar-refractivity contribution in [2.24, 2.45) is 0 Å². The van der Waals surface area contributed by atoms with Crippen molar-refractivity contribution in [3.63, 3.8) is 0 Å². The minimum atomic E-state index is -0.590. The summed E-state index contributed by atoms with van der Waals surface area (Å²) >= 11 is 1.27. The summed E-state index contributed by atoms with van der Waals surface area (Å²) in [6.07, 6.45) is 0. The minimum absolute atomic E-state index is 0.0363. The van der Waals surface area contributed by atoms with Crippen LogP contribution in [0.3, 0.4) is 0 Å². The monoisotopic (exact) mass is 398 g/mol. The molecule has 0 heterocycles. The lowest BCUT2D eigenvalue weighted by atomic mass is 10.2. The third kappa shape index (κ3) is 5.17. The number of amides is 2. The Labute approximate surface area is 165 Å². The predicted molar refractivity (Wildman–Crippen MR) is 107 cm³/mol. The first kappa shape index (κ1) is 19.6. The van der Waals surface area contributed by atoms with Crippen molar-refractivity contribution < 1.29 is 18.4 Å². The van der Waals surface area contributed by atoms with Crippen LogP contribution in [-0.2, 0) is 4.79 Å². The van der Waals surface area contributed by atoms with Crippen LogP contribution in [0.1, 0.15) is 10.4 Å². The molecule has 3 aromatic rings. The van der Waals surface area contributed by atoms with Gasteiger partial charge in [0.15, 0.2) is 0 Å². The highest BCUT2D eigenvalue weighted by atomic mass is 32.2. The van der Waals surface area contributed by atoms with E-state index in [-0.39, 0.29) is 22.9 Å². The normalized spacial score (nSPS) is 10.4. The average Bonchev–Trinajstić information content (AvgIpc) is 2.69. The summed E-state index contributed by atoms with van der Waals surface area (Å²) in [6, 6.07) is 18.5. The molecular weight excluding hydrogens is 382 g/mol. The lowest BCUT2D eigenvalue weighted by Crippen LogP contribution is -2.15. The Morgan fingerprint density at radius 2 is 1.43 bits per heavy atom. The molecular formula is C21H16F2N2O2S. The zero-order valence-electron chi connectivity index (χ0n) is 14.6. The lowest BCUT2D eigenvalue weighted by Gasteiger charge is -2.08. The zero-order chi connectivity index (χ0) is 19.9. The summed E-state index contributed by atoms with van der Waals surface area (Å²) in [4.78, 5) is 24.8. The number of anilines is 2. The summed E-state index contributed by atoms with van der Waals surface area (Å²) in [7, 11) is 0. The standard InChI is InChI=1S/C21H16F2N2O2S/c22-17-6-2-1-5-16(17)21(27)24-14-9-11-15(12-10-14)28-13-20(26)25-19-8-4-3-7-18(19)23/h1-12H,13H2,(H,24,27)(H,25,26). The fraction of sp³-hybridized carbons (Fsp3) is 0.0476. The van der Waals surface area contributed by atoms with Crippen LogP contribution in [0.4, 0.5) is 20.2 Å². The first-order chi connectivity index (χ1) is 13.5. The van der Waals surface area contributed by atoms with E-state index in [9.17, 15) is 18.4 Å². The molecule has 7 heteroatoms. The first-order valence-electron chi connectivity index (χ1n) is 8.36. The van der Waals surface area contributed by atoms with Crippen LogP contribution < -0.4 is 10.6 Å². The van der Waals surface area contributed by atoms with Crippen molar-refractivity contribution in [3.05, 3.63) is 90.0 Å². The van der Waals surface area contributed by atoms with E-state index in [0.717, 1.165) is 4.90 Å². The number of hydrogen-bond acceptors (Lipinski definition) is 3. The highest BCUT2D eigenvalue weighted by molar-refractivity contribution is 8.00. The van der Waals surface area contributed by atoms with E-state index in [0.29, 0.717) is 5.69 Å². The fourth-order valence-corrected chi connectivity index (χ4v) is 3.07. The number of para-hydroxylation sites is 1. The van der Waals surface area contributed by atoms with Crippen LogP contribution in [0, 0.1) is 11.6 Å². The molecule has 3 aromatic carbocycles. The maximum atomic E-state index is 13.6. The molecule has 142 valence electrons. The Kier molecular flexibility index (Phi) is 6.39. The Hall–Kier alpha value is -3.19. The third-order valence-corrected chi connectivity index (χ3v) is 4.76. The number of hydrogen-bond donors (Lipinski definition) is 2. The molecule has 4 nitrogen and oxygen atoms in total. The van der Waals surface area contributed by atoms with Crippen molar-refractivity contribution in [1.82, 2.24) is 0 Å². The van der Waals surface area contributed by atoms with Crippen molar-refractivity contribution in [2.45, 2.75) is 4.90 Å². The van der Waals surface area contributed by atoms with Crippen molar-refractivity contribution in [1.29, 1.82) is 0 Å². The topological polar surface area (TPSA) is 58.2 Å². The molecule has 2 N–H and O–H groups in total. The van der Waals surface area contributed by atoms with Gasteiger partial charge in [0.2, 0.25) is 5.91 Å². The van der Waals surface area contributed by atoms with E-state index in [1.165, 1.54) is 42.1 Å². The molecule has 0 aliphatic rings. The second-order valence-electron chi connectivity index (χ2n) is 5.78. The Morgan fingerprint density at radius 3 is 2.11 bits per heavy atom. The Morgan fingerprint density at radius 1 is 0.786 bits per heavy atom. The Bertz CT molecular complexity index is 994. The molecule has 0 unspecified atom stereocenters. The molecule has 0 bridgehead atoms. The zero-order valence-corrected chi connectivity index (χ0v) is 15.4. The van der Waals surface area contributed by atoms with Crippen LogP contribution in [-0.4, -0.2) is 17.6 Å². The van der Waals surface area contributed by atoms with Gasteiger partial charge in [-0.3, -0.25) is 9.59 Å². The number of halogens is 2. The van der Waals surface area contributed by atoms with E-state index in [2.05, 4.69) is 10.6 Å². The van der Waals surface area contributed by atoms with Crippen molar-refractivity contribution >= 4 is 35.0 Å². The molecule has 28 heavy (non-hydrogen) atoms. The van der Waals surface area contributed by atoms with E-state index < -0.39 is 17.5 Å². The minimum Gasteiger partial charge on any atom is -0.323 e. The van der Waals surface area contributed by atoms with Crippen LogP contribution >= 0.6 is 11.8 Å². The van der Waals surface area contributed by atoms with Gasteiger partial charge >= 0.3 is 0 Å². The maximum Gasteiger partial charge on any atom is 0.258 e. The SMILES string of the molecule is O=C(CSc1ccc(NC(=O)c2ccccc2F)cc1)Nc1ccccc1F. The number of nitrogens with one attached hydrogen (secondary N) is 2. The molecule has 0 saturated carbocycles. The largest absolute Gasteiger partial charge is 0.323 e. The summed E-state index contributed by atoms with van der Waals surface area (Å²) in [5.41, 5.74) is 0.610. The molecule has 0 atom stereocenters. The van der Waals surface area contributed by atoms with Gasteiger partial charge in [0.25, 0.3) is 5.91 Å². The third-order valence-electron chi connectivity index (χ3n) is 3.75. The van der Waals surface area contributed by atoms with Gasteiger partial charge in [0.1, 0.15) is 11.6 Å². The average molecular weight is 398 g/mol. The number of benzene rings is 3. The van der Waals surface area contributed by atoms with Crippen molar-refractivity contribution in [3.8, 4) is 0 Å². The van der Waals surface area contributed by atoms with E-state index in [1.54, 1.807) is 42.5 Å². The molecule has 0 aromatic heterocycles. The second-order valence-corrected chi connectivity index (χ2v) is 6.82. The fourth-order valence-electron chi connectivity index (χ4n) is 2.38. The molecule has 3 rings (SSSR count). The maximum absolute atomic E-state index is 13.6. The van der Waals surface area contributed by atoms with Gasteiger partial charge < -0.3 is 10.6 Å².